The molecule has 15 heavy (non-hydrogen) atoms. The minimum absolute atomic E-state index is 0.333. The fraction of sp³-hybridized carbons (Fsp3) is 0.385. The van der Waals surface area contributed by atoms with E-state index in [2.05, 4.69) is 5.92 Å². The van der Waals surface area contributed by atoms with E-state index in [1.54, 1.807) is 0 Å². The number of hydrogen-bond donors (Lipinski definition) is 0. The van der Waals surface area contributed by atoms with E-state index in [0.717, 1.165) is 18.4 Å². The third kappa shape index (κ3) is 5.90. The lowest BCUT2D eigenvalue weighted by Crippen LogP contribution is -2.01. The molecule has 0 aliphatic heterocycles. The standard InChI is InChI=1S/C13H16O2/c1-2-3-7-10-14-12-15-11-13-8-5-4-6-9-13/h1,4-6,8-9H,3,7,10-12H2. The van der Waals surface area contributed by atoms with Crippen molar-refractivity contribution in [1.29, 1.82) is 0 Å². The van der Waals surface area contributed by atoms with Gasteiger partial charge in [0.25, 0.3) is 0 Å². The van der Waals surface area contributed by atoms with Gasteiger partial charge in [-0.1, -0.05) is 30.3 Å². The molecule has 0 saturated heterocycles. The number of ether oxygens (including phenoxy) is 2. The normalized spacial score (nSPS) is 9.80. The van der Waals surface area contributed by atoms with E-state index < -0.39 is 0 Å². The molecule has 0 radical (unpaired) electrons. The Bertz CT molecular complexity index is 287. The van der Waals surface area contributed by atoms with Gasteiger partial charge in [0.1, 0.15) is 6.79 Å². The lowest BCUT2D eigenvalue weighted by atomic mass is 10.2. The van der Waals surface area contributed by atoms with E-state index >= 15 is 0 Å². The zero-order valence-electron chi connectivity index (χ0n) is 8.82. The Morgan fingerprint density at radius 1 is 1.13 bits per heavy atom. The Hall–Kier alpha value is -1.30. The fourth-order valence-electron chi connectivity index (χ4n) is 1.13. The van der Waals surface area contributed by atoms with Gasteiger partial charge in [0.2, 0.25) is 0 Å². The van der Waals surface area contributed by atoms with Crippen LogP contribution in [0, 0.1) is 12.3 Å². The first kappa shape index (κ1) is 11.8. The Morgan fingerprint density at radius 2 is 1.93 bits per heavy atom. The first-order valence-electron chi connectivity index (χ1n) is 5.06. The zero-order valence-corrected chi connectivity index (χ0v) is 8.82. The first-order chi connectivity index (χ1) is 7.43. The molecule has 0 atom stereocenters. The van der Waals surface area contributed by atoms with Crippen LogP contribution in [0.5, 0.6) is 0 Å². The van der Waals surface area contributed by atoms with Crippen molar-refractivity contribution in [2.45, 2.75) is 19.4 Å². The summed E-state index contributed by atoms with van der Waals surface area (Å²) in [4.78, 5) is 0. The average Bonchev–Trinajstić information content (AvgIpc) is 2.29. The Labute approximate surface area is 91.2 Å². The van der Waals surface area contributed by atoms with Crippen LogP contribution in [0.4, 0.5) is 0 Å². The predicted molar refractivity (Wildman–Crippen MR) is 60.1 cm³/mol. The highest BCUT2D eigenvalue weighted by molar-refractivity contribution is 5.13. The third-order valence-corrected chi connectivity index (χ3v) is 1.89. The summed E-state index contributed by atoms with van der Waals surface area (Å²) in [6.45, 7) is 1.59. The number of benzene rings is 1. The zero-order chi connectivity index (χ0) is 10.8. The molecule has 2 nitrogen and oxygen atoms in total. The van der Waals surface area contributed by atoms with Crippen molar-refractivity contribution >= 4 is 0 Å². The molecule has 0 amide bonds. The second-order valence-electron chi connectivity index (χ2n) is 3.17. The average molecular weight is 204 g/mol. The van der Waals surface area contributed by atoms with E-state index in [1.165, 1.54) is 0 Å². The van der Waals surface area contributed by atoms with E-state index in [0.29, 0.717) is 20.0 Å². The topological polar surface area (TPSA) is 18.5 Å². The van der Waals surface area contributed by atoms with Crippen LogP contribution >= 0.6 is 0 Å². The van der Waals surface area contributed by atoms with Crippen molar-refractivity contribution in [2.24, 2.45) is 0 Å². The summed E-state index contributed by atoms with van der Waals surface area (Å²) in [6, 6.07) is 10.0. The molecule has 2 heteroatoms. The second kappa shape index (κ2) is 8.05. The molecule has 0 N–H and O–H groups in total. The van der Waals surface area contributed by atoms with Crippen molar-refractivity contribution in [2.75, 3.05) is 13.4 Å². The van der Waals surface area contributed by atoms with Gasteiger partial charge in [0.05, 0.1) is 13.2 Å². The van der Waals surface area contributed by atoms with Gasteiger partial charge < -0.3 is 9.47 Å². The Morgan fingerprint density at radius 3 is 2.67 bits per heavy atom. The van der Waals surface area contributed by atoms with Crippen LogP contribution in [-0.4, -0.2) is 13.4 Å². The van der Waals surface area contributed by atoms with Gasteiger partial charge in [0.15, 0.2) is 0 Å². The summed E-state index contributed by atoms with van der Waals surface area (Å²) < 4.78 is 10.6. The van der Waals surface area contributed by atoms with Crippen molar-refractivity contribution < 1.29 is 9.47 Å². The molecular formula is C13H16O2. The summed E-state index contributed by atoms with van der Waals surface area (Å²) in [5.41, 5.74) is 1.16. The highest BCUT2D eigenvalue weighted by atomic mass is 16.7. The van der Waals surface area contributed by atoms with Gasteiger partial charge in [-0.05, 0) is 12.0 Å². The second-order valence-corrected chi connectivity index (χ2v) is 3.17. The van der Waals surface area contributed by atoms with Crippen LogP contribution < -0.4 is 0 Å². The van der Waals surface area contributed by atoms with Crippen LogP contribution in [0.1, 0.15) is 18.4 Å². The van der Waals surface area contributed by atoms with Gasteiger partial charge in [-0.15, -0.1) is 12.3 Å². The molecule has 1 aromatic carbocycles. The van der Waals surface area contributed by atoms with E-state index in [-0.39, 0.29) is 0 Å². The molecule has 0 saturated carbocycles. The summed E-state index contributed by atoms with van der Waals surface area (Å²) in [5, 5.41) is 0. The van der Waals surface area contributed by atoms with Crippen molar-refractivity contribution in [3.05, 3.63) is 35.9 Å². The maximum absolute atomic E-state index is 5.33. The van der Waals surface area contributed by atoms with Crippen LogP contribution in [0.3, 0.4) is 0 Å². The molecule has 0 fully saturated rings. The highest BCUT2D eigenvalue weighted by Gasteiger charge is 1.91. The molecule has 0 unspecified atom stereocenters. The van der Waals surface area contributed by atoms with Crippen molar-refractivity contribution in [1.82, 2.24) is 0 Å². The van der Waals surface area contributed by atoms with Gasteiger partial charge in [-0.2, -0.15) is 0 Å². The summed E-state index contributed by atoms with van der Waals surface area (Å²) in [7, 11) is 0. The first-order valence-corrected chi connectivity index (χ1v) is 5.06. The van der Waals surface area contributed by atoms with Crippen LogP contribution in [0.15, 0.2) is 30.3 Å². The number of hydrogen-bond acceptors (Lipinski definition) is 2. The molecule has 0 spiro atoms. The van der Waals surface area contributed by atoms with E-state index in [9.17, 15) is 0 Å². The molecule has 80 valence electrons. The highest BCUT2D eigenvalue weighted by Crippen LogP contribution is 2.00. The summed E-state index contributed by atoms with van der Waals surface area (Å²) in [6.07, 6.45) is 6.77. The quantitative estimate of drug-likeness (QED) is 0.386. The molecule has 1 aromatic rings. The van der Waals surface area contributed by atoms with Crippen LogP contribution in [0.25, 0.3) is 0 Å². The lowest BCUT2D eigenvalue weighted by Gasteiger charge is -2.04. The van der Waals surface area contributed by atoms with Gasteiger partial charge in [-0.25, -0.2) is 0 Å². The minimum Gasteiger partial charge on any atom is -0.355 e. The number of rotatable bonds is 7. The molecule has 0 aliphatic rings. The molecular weight excluding hydrogens is 188 g/mol. The molecule has 0 aromatic heterocycles. The maximum atomic E-state index is 5.33. The lowest BCUT2D eigenvalue weighted by molar-refractivity contribution is -0.0617. The van der Waals surface area contributed by atoms with Crippen molar-refractivity contribution in [3.63, 3.8) is 0 Å². The predicted octanol–water partition coefficient (Wildman–Crippen LogP) is 2.59. The number of unbranched alkanes of at least 4 members (excludes halogenated alkanes) is 1. The smallest absolute Gasteiger partial charge is 0.147 e. The fourth-order valence-corrected chi connectivity index (χ4v) is 1.13. The van der Waals surface area contributed by atoms with Gasteiger partial charge >= 0.3 is 0 Å². The van der Waals surface area contributed by atoms with Crippen LogP contribution in [0.2, 0.25) is 0 Å². The van der Waals surface area contributed by atoms with E-state index in [4.69, 9.17) is 15.9 Å². The van der Waals surface area contributed by atoms with Gasteiger partial charge in [-0.3, -0.25) is 0 Å². The summed E-state index contributed by atoms with van der Waals surface area (Å²) in [5.74, 6) is 2.56. The number of terminal acetylenes is 1. The minimum atomic E-state index is 0.333. The SMILES string of the molecule is C#CCCCOCOCc1ccccc1. The maximum Gasteiger partial charge on any atom is 0.147 e. The molecule has 0 heterocycles. The molecule has 1 rings (SSSR count). The summed E-state index contributed by atoms with van der Waals surface area (Å²) >= 11 is 0. The Kier molecular flexibility index (Phi) is 6.31. The molecule has 0 bridgehead atoms. The van der Waals surface area contributed by atoms with Gasteiger partial charge in [0, 0.05) is 6.42 Å². The van der Waals surface area contributed by atoms with Crippen LogP contribution in [-0.2, 0) is 16.1 Å². The monoisotopic (exact) mass is 204 g/mol. The van der Waals surface area contributed by atoms with E-state index in [1.807, 2.05) is 30.3 Å². The largest absolute Gasteiger partial charge is 0.355 e. The Balaban J connectivity index is 1.96. The third-order valence-electron chi connectivity index (χ3n) is 1.89. The molecule has 0 aliphatic carbocycles. The van der Waals surface area contributed by atoms with Crippen molar-refractivity contribution in [3.8, 4) is 12.3 Å².